The molecule has 1 aromatic rings. The maximum Gasteiger partial charge on any atom is 0.335 e. The summed E-state index contributed by atoms with van der Waals surface area (Å²) < 4.78 is 0.190. The number of rotatable bonds is 2. The van der Waals surface area contributed by atoms with E-state index in [1.165, 1.54) is 5.01 Å². The highest BCUT2D eigenvalue weighted by Gasteiger charge is 2.30. The Kier molecular flexibility index (Phi) is 5.42. The van der Waals surface area contributed by atoms with Gasteiger partial charge in [-0.3, -0.25) is 5.01 Å². The molecule has 1 saturated heterocycles. The van der Waals surface area contributed by atoms with Gasteiger partial charge in [0.25, 0.3) is 0 Å². The Morgan fingerprint density at radius 2 is 2.38 bits per heavy atom. The SMILES string of the molecule is CC1CCN(C(=O)N(N)Cc2cccc(C#N)c2)C(I)C1. The summed E-state index contributed by atoms with van der Waals surface area (Å²) >= 11 is 2.30. The lowest BCUT2D eigenvalue weighted by atomic mass is 9.99. The molecule has 2 unspecified atom stereocenters. The van der Waals surface area contributed by atoms with Crippen molar-refractivity contribution in [1.82, 2.24) is 9.91 Å². The van der Waals surface area contributed by atoms with Crippen LogP contribution >= 0.6 is 22.6 Å². The van der Waals surface area contributed by atoms with E-state index in [4.69, 9.17) is 11.1 Å². The number of halogens is 1. The van der Waals surface area contributed by atoms with Crippen LogP contribution in [-0.4, -0.2) is 26.5 Å². The lowest BCUT2D eigenvalue weighted by Crippen LogP contribution is -2.51. The maximum atomic E-state index is 12.4. The molecule has 2 rings (SSSR count). The monoisotopic (exact) mass is 398 g/mol. The molecule has 0 spiro atoms. The second-order valence-corrected chi connectivity index (χ2v) is 6.92. The summed E-state index contributed by atoms with van der Waals surface area (Å²) in [6, 6.07) is 9.10. The van der Waals surface area contributed by atoms with Crippen molar-refractivity contribution in [3.05, 3.63) is 35.4 Å². The van der Waals surface area contributed by atoms with Gasteiger partial charge in [0.1, 0.15) is 0 Å². The molecule has 0 saturated carbocycles. The highest BCUT2D eigenvalue weighted by Crippen LogP contribution is 2.27. The van der Waals surface area contributed by atoms with E-state index in [0.717, 1.165) is 24.9 Å². The molecule has 21 heavy (non-hydrogen) atoms. The van der Waals surface area contributed by atoms with Crippen LogP contribution in [-0.2, 0) is 6.54 Å². The molecule has 112 valence electrons. The van der Waals surface area contributed by atoms with E-state index in [0.29, 0.717) is 18.0 Å². The molecular weight excluding hydrogens is 379 g/mol. The molecule has 1 heterocycles. The number of urea groups is 1. The standard InChI is InChI=1S/C15H19IN4O/c1-11-5-6-19(14(16)7-11)15(21)20(18)10-13-4-2-3-12(8-13)9-17/h2-4,8,11,14H,5-7,10,18H2,1H3. The van der Waals surface area contributed by atoms with Crippen molar-refractivity contribution in [3.8, 4) is 6.07 Å². The van der Waals surface area contributed by atoms with Gasteiger partial charge < -0.3 is 4.90 Å². The molecule has 0 aliphatic carbocycles. The topological polar surface area (TPSA) is 73.4 Å². The maximum absolute atomic E-state index is 12.4. The Labute approximate surface area is 138 Å². The number of hydrazine groups is 1. The van der Waals surface area contributed by atoms with Crippen LogP contribution < -0.4 is 5.84 Å². The van der Waals surface area contributed by atoms with Gasteiger partial charge >= 0.3 is 6.03 Å². The third-order valence-corrected chi connectivity index (χ3v) is 4.88. The minimum atomic E-state index is -0.149. The Bertz CT molecular complexity index is 557. The zero-order valence-electron chi connectivity index (χ0n) is 12.0. The van der Waals surface area contributed by atoms with Crippen LogP contribution in [0.15, 0.2) is 24.3 Å². The van der Waals surface area contributed by atoms with Crippen molar-refractivity contribution >= 4 is 28.6 Å². The Morgan fingerprint density at radius 3 is 3.05 bits per heavy atom. The normalized spacial score (nSPS) is 21.7. The van der Waals surface area contributed by atoms with Gasteiger partial charge in [0, 0.05) is 6.54 Å². The summed E-state index contributed by atoms with van der Waals surface area (Å²) in [5.41, 5.74) is 1.44. The number of likely N-dealkylation sites (tertiary alicyclic amines) is 1. The highest BCUT2D eigenvalue weighted by molar-refractivity contribution is 14.1. The summed E-state index contributed by atoms with van der Waals surface area (Å²) in [5.74, 6) is 6.57. The molecule has 2 atom stereocenters. The summed E-state index contributed by atoms with van der Waals surface area (Å²) in [6.45, 7) is 3.27. The van der Waals surface area contributed by atoms with Gasteiger partial charge in [-0.15, -0.1) is 0 Å². The van der Waals surface area contributed by atoms with Crippen LogP contribution in [0, 0.1) is 17.2 Å². The smallest absolute Gasteiger partial charge is 0.312 e. The Hall–Kier alpha value is -1.33. The van der Waals surface area contributed by atoms with Crippen LogP contribution in [0.2, 0.25) is 0 Å². The van der Waals surface area contributed by atoms with Crippen LogP contribution in [0.5, 0.6) is 0 Å². The van der Waals surface area contributed by atoms with E-state index >= 15 is 0 Å². The fourth-order valence-corrected chi connectivity index (χ4v) is 3.85. The zero-order chi connectivity index (χ0) is 15.4. The number of hydrogen-bond acceptors (Lipinski definition) is 3. The molecule has 1 aromatic carbocycles. The highest BCUT2D eigenvalue weighted by atomic mass is 127. The van der Waals surface area contributed by atoms with Crippen LogP contribution in [0.3, 0.4) is 0 Å². The van der Waals surface area contributed by atoms with Crippen molar-refractivity contribution in [3.63, 3.8) is 0 Å². The lowest BCUT2D eigenvalue weighted by Gasteiger charge is -2.37. The molecule has 2 amide bonds. The Balaban J connectivity index is 2.01. The fourth-order valence-electron chi connectivity index (χ4n) is 2.46. The van der Waals surface area contributed by atoms with Crippen molar-refractivity contribution in [2.24, 2.45) is 11.8 Å². The van der Waals surface area contributed by atoms with Crippen LogP contribution in [0.4, 0.5) is 4.79 Å². The van der Waals surface area contributed by atoms with E-state index < -0.39 is 0 Å². The predicted molar refractivity (Wildman–Crippen MR) is 89.2 cm³/mol. The minimum absolute atomic E-state index is 0.149. The van der Waals surface area contributed by atoms with Gasteiger partial charge in [-0.2, -0.15) is 5.26 Å². The number of hydrogen-bond donors (Lipinski definition) is 1. The first-order chi connectivity index (χ1) is 10.0. The summed E-state index contributed by atoms with van der Waals surface area (Å²) in [6.07, 6.45) is 2.02. The molecule has 0 bridgehead atoms. The van der Waals surface area contributed by atoms with Crippen molar-refractivity contribution < 1.29 is 4.79 Å². The average Bonchev–Trinajstić information content (AvgIpc) is 2.46. The number of nitriles is 1. The van der Waals surface area contributed by atoms with E-state index in [1.54, 1.807) is 18.2 Å². The summed E-state index contributed by atoms with van der Waals surface area (Å²) in [4.78, 5) is 14.3. The van der Waals surface area contributed by atoms with Crippen molar-refractivity contribution in [1.29, 1.82) is 5.26 Å². The number of amides is 2. The van der Waals surface area contributed by atoms with Crippen LogP contribution in [0.1, 0.15) is 30.9 Å². The fraction of sp³-hybridized carbons (Fsp3) is 0.467. The first-order valence-electron chi connectivity index (χ1n) is 6.97. The second kappa shape index (κ2) is 7.09. The molecular formula is C15H19IN4O. The second-order valence-electron chi connectivity index (χ2n) is 5.48. The number of nitrogens with two attached hydrogens (primary N) is 1. The largest absolute Gasteiger partial charge is 0.335 e. The lowest BCUT2D eigenvalue weighted by molar-refractivity contribution is 0.128. The van der Waals surface area contributed by atoms with Gasteiger partial charge in [-0.05, 0) is 36.5 Å². The number of piperidine rings is 1. The number of alkyl halides is 1. The molecule has 5 nitrogen and oxygen atoms in total. The quantitative estimate of drug-likeness (QED) is 0.208. The third-order valence-electron chi connectivity index (χ3n) is 3.70. The number of nitrogens with zero attached hydrogens (tertiary/aromatic N) is 3. The van der Waals surface area contributed by atoms with Gasteiger partial charge in [0.05, 0.1) is 22.2 Å². The molecule has 1 aliphatic rings. The number of carbonyl (C=O) groups is 1. The molecule has 1 fully saturated rings. The Morgan fingerprint density at radius 1 is 1.62 bits per heavy atom. The number of benzene rings is 1. The molecule has 1 aliphatic heterocycles. The van der Waals surface area contributed by atoms with Gasteiger partial charge in [0.2, 0.25) is 0 Å². The van der Waals surface area contributed by atoms with Crippen molar-refractivity contribution in [2.75, 3.05) is 6.54 Å². The predicted octanol–water partition coefficient (Wildman–Crippen LogP) is 2.85. The van der Waals surface area contributed by atoms with E-state index in [1.807, 2.05) is 11.0 Å². The number of carbonyl (C=O) groups excluding carboxylic acids is 1. The first-order valence-corrected chi connectivity index (χ1v) is 8.21. The minimum Gasteiger partial charge on any atom is -0.312 e. The van der Waals surface area contributed by atoms with Gasteiger partial charge in [0.15, 0.2) is 0 Å². The average molecular weight is 398 g/mol. The van der Waals surface area contributed by atoms with Crippen LogP contribution in [0.25, 0.3) is 0 Å². The van der Waals surface area contributed by atoms with E-state index in [-0.39, 0.29) is 10.1 Å². The third kappa shape index (κ3) is 4.08. The van der Waals surface area contributed by atoms with E-state index in [9.17, 15) is 4.79 Å². The molecule has 0 aromatic heterocycles. The zero-order valence-corrected chi connectivity index (χ0v) is 14.2. The summed E-state index contributed by atoms with van der Waals surface area (Å²) in [7, 11) is 0. The molecule has 2 N–H and O–H groups in total. The molecule has 0 radical (unpaired) electrons. The summed E-state index contributed by atoms with van der Waals surface area (Å²) in [5, 5.41) is 10.1. The first kappa shape index (κ1) is 16.0. The molecule has 6 heteroatoms. The van der Waals surface area contributed by atoms with Gasteiger partial charge in [-0.1, -0.05) is 41.6 Å². The van der Waals surface area contributed by atoms with Gasteiger partial charge in [-0.25, -0.2) is 10.6 Å². The van der Waals surface area contributed by atoms with Crippen molar-refractivity contribution in [2.45, 2.75) is 30.4 Å². The van der Waals surface area contributed by atoms with E-state index in [2.05, 4.69) is 35.6 Å².